The van der Waals surface area contributed by atoms with Crippen molar-refractivity contribution >= 4 is 11.9 Å². The average Bonchev–Trinajstić information content (AvgIpc) is 2.98. The Hall–Kier alpha value is -2.88. The number of benzene rings is 1. The molecule has 1 atom stereocenters. The molecule has 1 unspecified atom stereocenters. The number of hydrogen-bond donors (Lipinski definition) is 3. The van der Waals surface area contributed by atoms with E-state index in [9.17, 15) is 27.9 Å². The van der Waals surface area contributed by atoms with Crippen LogP contribution in [0.15, 0.2) is 30.5 Å². The second-order valence-corrected chi connectivity index (χ2v) is 5.91. The summed E-state index contributed by atoms with van der Waals surface area (Å²) >= 11 is 0. The largest absolute Gasteiger partial charge is 0.479 e. The fourth-order valence-corrected chi connectivity index (χ4v) is 2.09. The van der Waals surface area contributed by atoms with Crippen LogP contribution in [-0.2, 0) is 11.0 Å². The van der Waals surface area contributed by atoms with Crippen LogP contribution in [0, 0.1) is 6.92 Å². The van der Waals surface area contributed by atoms with E-state index in [1.165, 1.54) is 12.1 Å². The third-order valence-electron chi connectivity index (χ3n) is 3.61. The third-order valence-corrected chi connectivity index (χ3v) is 3.61. The maximum Gasteiger partial charge on any atom is 0.434 e. The number of amides is 1. The summed E-state index contributed by atoms with van der Waals surface area (Å²) in [6, 6.07) is 6.05. The summed E-state index contributed by atoms with van der Waals surface area (Å²) < 4.78 is 41.0. The maximum atomic E-state index is 13.5. The molecule has 1 aromatic heterocycles. The number of hydrogen-bond acceptors (Lipinski definition) is 4. The number of carboxylic acids is 1. The van der Waals surface area contributed by atoms with E-state index < -0.39 is 41.5 Å². The van der Waals surface area contributed by atoms with E-state index in [1.54, 1.807) is 19.1 Å². The van der Waals surface area contributed by atoms with Gasteiger partial charge in [-0.15, -0.1) is 0 Å². The van der Waals surface area contributed by atoms with Gasteiger partial charge in [0.1, 0.15) is 0 Å². The summed E-state index contributed by atoms with van der Waals surface area (Å²) in [6.45, 7) is 1.91. The molecule has 0 aliphatic rings. The summed E-state index contributed by atoms with van der Waals surface area (Å²) in [7, 11) is 0. The van der Waals surface area contributed by atoms with Crippen LogP contribution in [0.4, 0.5) is 13.2 Å². The number of halogens is 3. The molecule has 26 heavy (non-hydrogen) atoms. The van der Waals surface area contributed by atoms with Gasteiger partial charge in [-0.25, -0.2) is 9.48 Å². The standard InChI is InChI=1S/C16H16F3N3O4/c1-9-3-5-10(6-4-9)22-12(16(17,18)19)11(7-21-22)13(23)20-8-15(2,26)14(24)25/h3-7,26H,8H2,1-2H3,(H,20,23)(H,24,25). The van der Waals surface area contributed by atoms with Crippen LogP contribution in [0.5, 0.6) is 0 Å². The molecule has 2 rings (SSSR count). The Morgan fingerprint density at radius 3 is 2.31 bits per heavy atom. The van der Waals surface area contributed by atoms with E-state index in [2.05, 4.69) is 5.10 Å². The van der Waals surface area contributed by atoms with Gasteiger partial charge in [0.25, 0.3) is 5.91 Å². The number of carbonyl (C=O) groups is 2. The molecule has 0 fully saturated rings. The quantitative estimate of drug-likeness (QED) is 0.743. The Morgan fingerprint density at radius 1 is 1.23 bits per heavy atom. The molecule has 0 saturated carbocycles. The molecule has 1 aromatic carbocycles. The number of alkyl halides is 3. The summed E-state index contributed by atoms with van der Waals surface area (Å²) in [6.07, 6.45) is -4.14. The van der Waals surface area contributed by atoms with Crippen molar-refractivity contribution in [1.82, 2.24) is 15.1 Å². The van der Waals surface area contributed by atoms with Gasteiger partial charge in [0.05, 0.1) is 24.0 Å². The van der Waals surface area contributed by atoms with Crippen LogP contribution in [0.2, 0.25) is 0 Å². The van der Waals surface area contributed by atoms with Crippen LogP contribution in [0.3, 0.4) is 0 Å². The highest BCUT2D eigenvalue weighted by molar-refractivity contribution is 5.96. The molecule has 0 saturated heterocycles. The highest BCUT2D eigenvalue weighted by atomic mass is 19.4. The van der Waals surface area contributed by atoms with Gasteiger partial charge in [0.2, 0.25) is 0 Å². The minimum atomic E-state index is -4.89. The lowest BCUT2D eigenvalue weighted by atomic mass is 10.1. The average molecular weight is 371 g/mol. The van der Waals surface area contributed by atoms with Gasteiger partial charge >= 0.3 is 12.1 Å². The highest BCUT2D eigenvalue weighted by Gasteiger charge is 2.41. The number of aliphatic hydroxyl groups is 1. The SMILES string of the molecule is Cc1ccc(-n2ncc(C(=O)NCC(C)(O)C(=O)O)c2C(F)(F)F)cc1. The second kappa shape index (κ2) is 6.79. The van der Waals surface area contributed by atoms with Crippen molar-refractivity contribution in [3.63, 3.8) is 0 Å². The van der Waals surface area contributed by atoms with Gasteiger partial charge < -0.3 is 15.5 Å². The van der Waals surface area contributed by atoms with Crippen LogP contribution in [0.1, 0.15) is 28.5 Å². The van der Waals surface area contributed by atoms with Crippen molar-refractivity contribution in [2.24, 2.45) is 0 Å². The zero-order chi connectivity index (χ0) is 19.7. The Bertz CT molecular complexity index is 826. The number of aromatic nitrogens is 2. The first kappa shape index (κ1) is 19.4. The molecule has 10 heteroatoms. The van der Waals surface area contributed by atoms with Crippen molar-refractivity contribution in [2.45, 2.75) is 25.6 Å². The first-order valence-corrected chi connectivity index (χ1v) is 7.39. The van der Waals surface area contributed by atoms with E-state index in [-0.39, 0.29) is 5.69 Å². The zero-order valence-electron chi connectivity index (χ0n) is 13.8. The molecule has 3 N–H and O–H groups in total. The summed E-state index contributed by atoms with van der Waals surface area (Å²) in [5.41, 5.74) is -3.45. The number of carboxylic acid groups (broad SMARTS) is 1. The molecule has 0 spiro atoms. The fourth-order valence-electron chi connectivity index (χ4n) is 2.09. The van der Waals surface area contributed by atoms with Crippen LogP contribution in [0.25, 0.3) is 5.69 Å². The molecular weight excluding hydrogens is 355 g/mol. The Labute approximate surface area is 146 Å². The zero-order valence-corrected chi connectivity index (χ0v) is 13.8. The smallest absolute Gasteiger partial charge is 0.434 e. The fraction of sp³-hybridized carbons (Fsp3) is 0.312. The van der Waals surface area contributed by atoms with Crippen molar-refractivity contribution in [3.05, 3.63) is 47.3 Å². The van der Waals surface area contributed by atoms with Crippen molar-refractivity contribution in [2.75, 3.05) is 6.54 Å². The molecule has 0 aliphatic carbocycles. The lowest BCUT2D eigenvalue weighted by Crippen LogP contribution is -2.46. The van der Waals surface area contributed by atoms with E-state index in [1.807, 2.05) is 5.32 Å². The van der Waals surface area contributed by atoms with E-state index in [4.69, 9.17) is 5.11 Å². The van der Waals surface area contributed by atoms with Crippen LogP contribution in [-0.4, -0.2) is 44.0 Å². The van der Waals surface area contributed by atoms with Gasteiger partial charge in [-0.3, -0.25) is 4.79 Å². The van der Waals surface area contributed by atoms with Crippen LogP contribution < -0.4 is 5.32 Å². The predicted octanol–water partition coefficient (Wildman–Crippen LogP) is 1.76. The monoisotopic (exact) mass is 371 g/mol. The topological polar surface area (TPSA) is 104 Å². The molecule has 0 bridgehead atoms. The predicted molar refractivity (Wildman–Crippen MR) is 83.9 cm³/mol. The summed E-state index contributed by atoms with van der Waals surface area (Å²) in [5.74, 6) is -2.82. The minimum absolute atomic E-state index is 0.111. The van der Waals surface area contributed by atoms with Crippen molar-refractivity contribution in [1.29, 1.82) is 0 Å². The normalized spacial score (nSPS) is 13.9. The lowest BCUT2D eigenvalue weighted by molar-refractivity contribution is -0.155. The minimum Gasteiger partial charge on any atom is -0.479 e. The molecule has 1 heterocycles. The molecule has 0 radical (unpaired) electrons. The van der Waals surface area contributed by atoms with Crippen molar-refractivity contribution in [3.8, 4) is 5.69 Å². The molecule has 0 aliphatic heterocycles. The lowest BCUT2D eigenvalue weighted by Gasteiger charge is -2.18. The number of nitrogens with zero attached hydrogens (tertiary/aromatic N) is 2. The van der Waals surface area contributed by atoms with Crippen LogP contribution >= 0.6 is 0 Å². The summed E-state index contributed by atoms with van der Waals surface area (Å²) in [5, 5.41) is 24.0. The second-order valence-electron chi connectivity index (χ2n) is 5.91. The highest BCUT2D eigenvalue weighted by Crippen LogP contribution is 2.33. The molecule has 1 amide bonds. The first-order valence-electron chi connectivity index (χ1n) is 7.39. The Kier molecular flexibility index (Phi) is 5.08. The maximum absolute atomic E-state index is 13.5. The van der Waals surface area contributed by atoms with E-state index in [0.717, 1.165) is 18.7 Å². The van der Waals surface area contributed by atoms with Gasteiger partial charge in [0.15, 0.2) is 11.3 Å². The van der Waals surface area contributed by atoms with E-state index in [0.29, 0.717) is 4.68 Å². The van der Waals surface area contributed by atoms with E-state index >= 15 is 0 Å². The van der Waals surface area contributed by atoms with Gasteiger partial charge in [-0.2, -0.15) is 18.3 Å². The number of aryl methyl sites for hydroxylation is 1. The number of aliphatic carboxylic acids is 1. The van der Waals surface area contributed by atoms with Gasteiger partial charge in [0, 0.05) is 0 Å². The molecular formula is C16H16F3N3O4. The Balaban J connectivity index is 2.39. The molecule has 2 aromatic rings. The first-order chi connectivity index (χ1) is 11.9. The number of carbonyl (C=O) groups excluding carboxylic acids is 1. The van der Waals surface area contributed by atoms with Crippen molar-refractivity contribution < 1.29 is 33.0 Å². The van der Waals surface area contributed by atoms with Gasteiger partial charge in [-0.05, 0) is 26.0 Å². The number of rotatable bonds is 5. The third kappa shape index (κ3) is 4.02. The molecule has 140 valence electrons. The number of nitrogens with one attached hydrogen (secondary N) is 1. The van der Waals surface area contributed by atoms with Gasteiger partial charge in [-0.1, -0.05) is 17.7 Å². The Morgan fingerprint density at radius 2 is 1.81 bits per heavy atom. The molecule has 7 nitrogen and oxygen atoms in total. The summed E-state index contributed by atoms with van der Waals surface area (Å²) in [4.78, 5) is 22.9.